The van der Waals surface area contributed by atoms with Crippen LogP contribution in [0.4, 0.5) is 16.0 Å². The van der Waals surface area contributed by atoms with E-state index in [0.717, 1.165) is 37.8 Å². The van der Waals surface area contributed by atoms with E-state index in [2.05, 4.69) is 31.7 Å². The monoisotopic (exact) mass is 434 g/mol. The Morgan fingerprint density at radius 2 is 1.40 bits per heavy atom. The van der Waals surface area contributed by atoms with Gasteiger partial charge in [-0.25, -0.2) is 22.8 Å². The van der Waals surface area contributed by atoms with Gasteiger partial charge in [0.1, 0.15) is 28.2 Å². The Kier molecular flexibility index (Phi) is 5.90. The van der Waals surface area contributed by atoms with Crippen molar-refractivity contribution in [2.75, 3.05) is 69.2 Å². The van der Waals surface area contributed by atoms with E-state index in [1.807, 2.05) is 13.0 Å². The van der Waals surface area contributed by atoms with Gasteiger partial charge < -0.3 is 14.7 Å². The van der Waals surface area contributed by atoms with Gasteiger partial charge in [0.25, 0.3) is 0 Å². The first-order valence-electron chi connectivity index (χ1n) is 10.1. The summed E-state index contributed by atoms with van der Waals surface area (Å²) in [5.41, 5.74) is 0. The van der Waals surface area contributed by atoms with Crippen LogP contribution in [0, 0.1) is 12.7 Å². The molecule has 3 heterocycles. The number of aryl methyl sites for hydroxylation is 1. The van der Waals surface area contributed by atoms with Crippen LogP contribution < -0.4 is 9.80 Å². The van der Waals surface area contributed by atoms with E-state index in [1.54, 1.807) is 0 Å². The Bertz CT molecular complexity index is 1000. The van der Waals surface area contributed by atoms with Gasteiger partial charge in [-0.15, -0.1) is 0 Å². The third-order valence-electron chi connectivity index (χ3n) is 5.66. The van der Waals surface area contributed by atoms with Crippen molar-refractivity contribution in [1.29, 1.82) is 0 Å². The van der Waals surface area contributed by atoms with Crippen LogP contribution in [0.25, 0.3) is 0 Å². The van der Waals surface area contributed by atoms with Gasteiger partial charge in [0, 0.05) is 58.4 Å². The number of sulfonamides is 1. The van der Waals surface area contributed by atoms with Crippen LogP contribution in [0.3, 0.4) is 0 Å². The normalized spacial score (nSPS) is 19.3. The van der Waals surface area contributed by atoms with Crippen molar-refractivity contribution in [3.05, 3.63) is 42.0 Å². The molecule has 2 aliphatic rings. The van der Waals surface area contributed by atoms with Gasteiger partial charge in [-0.1, -0.05) is 12.1 Å². The van der Waals surface area contributed by atoms with Crippen LogP contribution in [0.1, 0.15) is 5.82 Å². The summed E-state index contributed by atoms with van der Waals surface area (Å²) in [4.78, 5) is 15.5. The van der Waals surface area contributed by atoms with Gasteiger partial charge >= 0.3 is 0 Å². The number of benzene rings is 1. The summed E-state index contributed by atoms with van der Waals surface area (Å²) in [5.74, 6) is 1.69. The molecule has 8 nitrogen and oxygen atoms in total. The van der Waals surface area contributed by atoms with Crippen molar-refractivity contribution in [1.82, 2.24) is 19.2 Å². The topological polar surface area (TPSA) is 72.9 Å². The van der Waals surface area contributed by atoms with Crippen molar-refractivity contribution in [2.45, 2.75) is 11.8 Å². The molecule has 1 aromatic carbocycles. The molecule has 0 radical (unpaired) electrons. The van der Waals surface area contributed by atoms with Crippen LogP contribution in [0.5, 0.6) is 0 Å². The summed E-state index contributed by atoms with van der Waals surface area (Å²) < 4.78 is 41.0. The lowest BCUT2D eigenvalue weighted by Crippen LogP contribution is -2.49. The quantitative estimate of drug-likeness (QED) is 0.716. The SMILES string of the molecule is Cc1nc(N2CCN(C)CC2)cc(N2CCN(S(=O)(=O)c3ccccc3F)CC2)n1. The van der Waals surface area contributed by atoms with Gasteiger partial charge in [-0.05, 0) is 26.1 Å². The van der Waals surface area contributed by atoms with Crippen molar-refractivity contribution in [2.24, 2.45) is 0 Å². The fourth-order valence-electron chi connectivity index (χ4n) is 3.85. The van der Waals surface area contributed by atoms with Crippen LogP contribution in [-0.2, 0) is 10.0 Å². The minimum atomic E-state index is -3.85. The van der Waals surface area contributed by atoms with Crippen molar-refractivity contribution in [3.63, 3.8) is 0 Å². The largest absolute Gasteiger partial charge is 0.354 e. The fraction of sp³-hybridized carbons (Fsp3) is 0.500. The molecule has 2 fully saturated rings. The summed E-state index contributed by atoms with van der Waals surface area (Å²) >= 11 is 0. The maximum absolute atomic E-state index is 14.0. The second-order valence-corrected chi connectivity index (χ2v) is 9.65. The minimum Gasteiger partial charge on any atom is -0.354 e. The first kappa shape index (κ1) is 21.0. The summed E-state index contributed by atoms with van der Waals surface area (Å²) in [6.45, 7) is 7.24. The third-order valence-corrected chi connectivity index (χ3v) is 7.59. The number of halogens is 1. The molecule has 0 bridgehead atoms. The molecular formula is C20H27FN6O2S. The highest BCUT2D eigenvalue weighted by Crippen LogP contribution is 2.24. The number of rotatable bonds is 4. The number of nitrogens with zero attached hydrogens (tertiary/aromatic N) is 6. The van der Waals surface area contributed by atoms with E-state index in [0.29, 0.717) is 18.9 Å². The predicted molar refractivity (Wildman–Crippen MR) is 114 cm³/mol. The van der Waals surface area contributed by atoms with E-state index in [-0.39, 0.29) is 18.0 Å². The molecule has 0 saturated carbocycles. The van der Waals surface area contributed by atoms with Crippen LogP contribution in [0.2, 0.25) is 0 Å². The summed E-state index contributed by atoms with van der Waals surface area (Å²) in [5, 5.41) is 0. The summed E-state index contributed by atoms with van der Waals surface area (Å²) in [6.07, 6.45) is 0. The molecule has 0 amide bonds. The Morgan fingerprint density at radius 3 is 1.97 bits per heavy atom. The molecule has 0 unspecified atom stereocenters. The van der Waals surface area contributed by atoms with Crippen LogP contribution in [0.15, 0.2) is 35.2 Å². The van der Waals surface area contributed by atoms with E-state index in [4.69, 9.17) is 0 Å². The molecule has 2 saturated heterocycles. The van der Waals surface area contributed by atoms with Gasteiger partial charge in [-0.3, -0.25) is 0 Å². The second-order valence-electron chi connectivity index (χ2n) is 7.74. The first-order chi connectivity index (χ1) is 14.3. The highest BCUT2D eigenvalue weighted by Gasteiger charge is 2.31. The second kappa shape index (κ2) is 8.44. The molecule has 162 valence electrons. The number of hydrogen-bond donors (Lipinski definition) is 0. The predicted octanol–water partition coefficient (Wildman–Crippen LogP) is 1.19. The molecular weight excluding hydrogens is 407 g/mol. The molecule has 4 rings (SSSR count). The molecule has 2 aromatic rings. The zero-order valence-corrected chi connectivity index (χ0v) is 18.1. The zero-order chi connectivity index (χ0) is 21.3. The van der Waals surface area contributed by atoms with Crippen molar-refractivity contribution in [3.8, 4) is 0 Å². The summed E-state index contributed by atoms with van der Waals surface area (Å²) in [7, 11) is -1.74. The molecule has 10 heteroatoms. The standard InChI is InChI=1S/C20H27FN6O2S/c1-16-22-19(25-9-7-24(2)8-10-25)15-20(23-16)26-11-13-27(14-12-26)30(28,29)18-6-4-3-5-17(18)21/h3-6,15H,7-14H2,1-2H3. The molecule has 0 aliphatic carbocycles. The average molecular weight is 435 g/mol. The van der Waals surface area contributed by atoms with Crippen molar-refractivity contribution >= 4 is 21.7 Å². The Balaban J connectivity index is 1.47. The fourth-order valence-corrected chi connectivity index (χ4v) is 5.33. The number of hydrogen-bond acceptors (Lipinski definition) is 7. The number of piperazine rings is 2. The molecule has 0 spiro atoms. The highest BCUT2D eigenvalue weighted by atomic mass is 32.2. The molecule has 2 aliphatic heterocycles. The Hall–Kier alpha value is -2.30. The van der Waals surface area contributed by atoms with Crippen molar-refractivity contribution < 1.29 is 12.8 Å². The lowest BCUT2D eigenvalue weighted by molar-refractivity contribution is 0.312. The van der Waals surface area contributed by atoms with Crippen LogP contribution in [-0.4, -0.2) is 87.0 Å². The van der Waals surface area contributed by atoms with E-state index >= 15 is 0 Å². The Labute approximate surface area is 177 Å². The number of likely N-dealkylation sites (N-methyl/N-ethyl adjacent to an activating group) is 1. The summed E-state index contributed by atoms with van der Waals surface area (Å²) in [6, 6.07) is 7.50. The molecule has 0 N–H and O–H groups in total. The maximum Gasteiger partial charge on any atom is 0.246 e. The van der Waals surface area contributed by atoms with Gasteiger partial charge in [-0.2, -0.15) is 4.31 Å². The molecule has 1 aromatic heterocycles. The first-order valence-corrected chi connectivity index (χ1v) is 11.6. The third kappa shape index (κ3) is 4.26. The lowest BCUT2D eigenvalue weighted by atomic mass is 10.3. The smallest absolute Gasteiger partial charge is 0.246 e. The number of aromatic nitrogens is 2. The van der Waals surface area contributed by atoms with Gasteiger partial charge in [0.15, 0.2) is 0 Å². The number of anilines is 2. The van der Waals surface area contributed by atoms with E-state index in [1.165, 1.54) is 28.6 Å². The van der Waals surface area contributed by atoms with E-state index < -0.39 is 15.8 Å². The molecule has 30 heavy (non-hydrogen) atoms. The lowest BCUT2D eigenvalue weighted by Gasteiger charge is -2.36. The van der Waals surface area contributed by atoms with Crippen LogP contribution >= 0.6 is 0 Å². The molecule has 0 atom stereocenters. The highest BCUT2D eigenvalue weighted by molar-refractivity contribution is 7.89. The average Bonchev–Trinajstić information content (AvgIpc) is 2.74. The maximum atomic E-state index is 14.0. The minimum absolute atomic E-state index is 0.270. The van der Waals surface area contributed by atoms with E-state index in [9.17, 15) is 12.8 Å². The van der Waals surface area contributed by atoms with Gasteiger partial charge in [0.05, 0.1) is 0 Å². The Morgan fingerprint density at radius 1 is 0.867 bits per heavy atom. The van der Waals surface area contributed by atoms with Gasteiger partial charge in [0.2, 0.25) is 10.0 Å². The zero-order valence-electron chi connectivity index (χ0n) is 17.3.